The maximum Gasteiger partial charge on any atom is 0.165 e. The van der Waals surface area contributed by atoms with Gasteiger partial charge in [0.1, 0.15) is 6.61 Å². The average molecular weight is 393 g/mol. The number of hydrogen-bond donors (Lipinski definition) is 1. The van der Waals surface area contributed by atoms with E-state index in [0.717, 1.165) is 33.8 Å². The zero-order valence-electron chi connectivity index (χ0n) is 15.4. The van der Waals surface area contributed by atoms with Crippen LogP contribution in [0, 0.1) is 0 Å². The Morgan fingerprint density at radius 1 is 1.14 bits per heavy atom. The average Bonchev–Trinajstić information content (AvgIpc) is 2.91. The smallest absolute Gasteiger partial charge is 0.165 e. The first-order valence-corrected chi connectivity index (χ1v) is 9.59. The number of hydrogen-bond acceptors (Lipinski definition) is 4. The molecule has 1 N–H and O–H groups in total. The first-order valence-electron chi connectivity index (χ1n) is 9.21. The minimum atomic E-state index is 0.157. The SMILES string of the molecule is Oc1cc(-c2cccnc2)cc2c1OCCN(C/C(Cl)=C/c1ccccc1)C2. The van der Waals surface area contributed by atoms with Gasteiger partial charge >= 0.3 is 0 Å². The van der Waals surface area contributed by atoms with E-state index in [4.69, 9.17) is 16.3 Å². The van der Waals surface area contributed by atoms with Crippen molar-refractivity contribution < 1.29 is 9.84 Å². The lowest BCUT2D eigenvalue weighted by molar-refractivity contribution is 0.238. The summed E-state index contributed by atoms with van der Waals surface area (Å²) in [7, 11) is 0. The standard InChI is InChI=1S/C23H21ClN2O2/c24-21(11-17-5-2-1-3-6-17)16-26-9-10-28-23-20(15-26)12-19(13-22(23)27)18-7-4-8-25-14-18/h1-8,11-14,27H,9-10,15-16H2/b21-11-. The highest BCUT2D eigenvalue weighted by molar-refractivity contribution is 6.31. The molecule has 0 fully saturated rings. The predicted octanol–water partition coefficient (Wildman–Crippen LogP) is 4.93. The monoisotopic (exact) mass is 392 g/mol. The molecular formula is C23H21ClN2O2. The highest BCUT2D eigenvalue weighted by atomic mass is 35.5. The van der Waals surface area contributed by atoms with E-state index in [1.54, 1.807) is 18.5 Å². The molecule has 0 saturated heterocycles. The van der Waals surface area contributed by atoms with Crippen LogP contribution >= 0.6 is 11.6 Å². The molecule has 2 heterocycles. The van der Waals surface area contributed by atoms with E-state index in [2.05, 4.69) is 16.0 Å². The third-order valence-corrected chi connectivity index (χ3v) is 4.92. The van der Waals surface area contributed by atoms with Crippen LogP contribution in [0.15, 0.2) is 72.0 Å². The first-order chi connectivity index (χ1) is 13.7. The molecule has 28 heavy (non-hydrogen) atoms. The van der Waals surface area contributed by atoms with Gasteiger partial charge in [0.05, 0.1) is 0 Å². The highest BCUT2D eigenvalue weighted by Gasteiger charge is 2.20. The predicted molar refractivity (Wildman–Crippen MR) is 112 cm³/mol. The number of nitrogens with zero attached hydrogens (tertiary/aromatic N) is 2. The van der Waals surface area contributed by atoms with E-state index in [0.29, 0.717) is 25.4 Å². The van der Waals surface area contributed by atoms with Gasteiger partial charge in [-0.15, -0.1) is 0 Å². The number of ether oxygens (including phenoxy) is 1. The topological polar surface area (TPSA) is 45.6 Å². The number of phenols is 1. The fourth-order valence-electron chi connectivity index (χ4n) is 3.38. The first kappa shape index (κ1) is 18.5. The molecule has 1 aliphatic rings. The summed E-state index contributed by atoms with van der Waals surface area (Å²) in [5, 5.41) is 11.3. The molecule has 5 heteroatoms. The lowest BCUT2D eigenvalue weighted by Gasteiger charge is -2.19. The Balaban J connectivity index is 1.57. The van der Waals surface area contributed by atoms with E-state index >= 15 is 0 Å². The second-order valence-electron chi connectivity index (χ2n) is 6.79. The Morgan fingerprint density at radius 2 is 2.00 bits per heavy atom. The Morgan fingerprint density at radius 3 is 2.79 bits per heavy atom. The third kappa shape index (κ3) is 4.35. The van der Waals surface area contributed by atoms with Gasteiger partial charge in [0, 0.05) is 48.2 Å². The molecule has 1 aromatic heterocycles. The second-order valence-corrected chi connectivity index (χ2v) is 7.27. The van der Waals surface area contributed by atoms with Gasteiger partial charge in [0.15, 0.2) is 11.5 Å². The quantitative estimate of drug-likeness (QED) is 0.683. The summed E-state index contributed by atoms with van der Waals surface area (Å²) in [5.74, 6) is 0.711. The molecule has 0 atom stereocenters. The van der Waals surface area contributed by atoms with Crippen molar-refractivity contribution in [2.24, 2.45) is 0 Å². The molecule has 0 aliphatic carbocycles. The maximum absolute atomic E-state index is 10.5. The Kier molecular flexibility index (Phi) is 5.60. The molecule has 1 aliphatic heterocycles. The van der Waals surface area contributed by atoms with Gasteiger partial charge in [-0.1, -0.05) is 48.0 Å². The van der Waals surface area contributed by atoms with Crippen LogP contribution in [0.3, 0.4) is 0 Å². The zero-order valence-corrected chi connectivity index (χ0v) is 16.1. The number of aromatic nitrogens is 1. The van der Waals surface area contributed by atoms with Crippen LogP contribution in [0.1, 0.15) is 11.1 Å². The second kappa shape index (κ2) is 8.46. The summed E-state index contributed by atoms with van der Waals surface area (Å²) in [4.78, 5) is 6.39. The van der Waals surface area contributed by atoms with E-state index in [1.807, 2.05) is 48.5 Å². The van der Waals surface area contributed by atoms with Crippen molar-refractivity contribution in [3.05, 3.63) is 83.2 Å². The molecule has 0 bridgehead atoms. The fourth-order valence-corrected chi connectivity index (χ4v) is 3.67. The lowest BCUT2D eigenvalue weighted by atomic mass is 10.0. The van der Waals surface area contributed by atoms with Crippen molar-refractivity contribution in [2.75, 3.05) is 19.7 Å². The highest BCUT2D eigenvalue weighted by Crippen LogP contribution is 2.37. The summed E-state index contributed by atoms with van der Waals surface area (Å²) >= 11 is 6.51. The number of rotatable bonds is 4. The molecule has 4 rings (SSSR count). The summed E-state index contributed by atoms with van der Waals surface area (Å²) in [6.45, 7) is 2.50. The maximum atomic E-state index is 10.5. The molecule has 3 aromatic rings. The summed E-state index contributed by atoms with van der Waals surface area (Å²) < 4.78 is 5.83. The van der Waals surface area contributed by atoms with Gasteiger partial charge in [0.2, 0.25) is 0 Å². The van der Waals surface area contributed by atoms with Crippen LogP contribution in [-0.2, 0) is 6.54 Å². The normalized spacial score (nSPS) is 14.8. The van der Waals surface area contributed by atoms with Crippen molar-refractivity contribution >= 4 is 17.7 Å². The van der Waals surface area contributed by atoms with Gasteiger partial charge in [0.25, 0.3) is 0 Å². The van der Waals surface area contributed by atoms with Crippen molar-refractivity contribution in [1.82, 2.24) is 9.88 Å². The number of phenolic OH excluding ortho intramolecular Hbond substituents is 1. The Bertz CT molecular complexity index is 975. The van der Waals surface area contributed by atoms with Crippen LogP contribution in [0.4, 0.5) is 0 Å². The summed E-state index contributed by atoms with van der Waals surface area (Å²) in [6, 6.07) is 17.7. The van der Waals surface area contributed by atoms with Crippen molar-refractivity contribution in [1.29, 1.82) is 0 Å². The fraction of sp³-hybridized carbons (Fsp3) is 0.174. The lowest BCUT2D eigenvalue weighted by Crippen LogP contribution is -2.27. The van der Waals surface area contributed by atoms with Crippen molar-refractivity contribution in [2.45, 2.75) is 6.54 Å². The van der Waals surface area contributed by atoms with Crippen LogP contribution < -0.4 is 4.74 Å². The molecule has 0 spiro atoms. The van der Waals surface area contributed by atoms with Gasteiger partial charge in [-0.25, -0.2) is 0 Å². The van der Waals surface area contributed by atoms with Gasteiger partial charge in [-0.05, 0) is 35.4 Å². The van der Waals surface area contributed by atoms with E-state index in [9.17, 15) is 5.11 Å². The molecule has 0 unspecified atom stereocenters. The number of benzene rings is 2. The summed E-state index contributed by atoms with van der Waals surface area (Å²) in [6.07, 6.45) is 5.51. The van der Waals surface area contributed by atoms with Crippen LogP contribution in [0.5, 0.6) is 11.5 Å². The largest absolute Gasteiger partial charge is 0.504 e. The Labute approximate surface area is 169 Å². The number of aromatic hydroxyl groups is 1. The van der Waals surface area contributed by atoms with Gasteiger partial charge < -0.3 is 9.84 Å². The van der Waals surface area contributed by atoms with Crippen LogP contribution in [0.25, 0.3) is 17.2 Å². The van der Waals surface area contributed by atoms with Crippen LogP contribution in [0.2, 0.25) is 0 Å². The van der Waals surface area contributed by atoms with Crippen LogP contribution in [-0.4, -0.2) is 34.7 Å². The molecular weight excluding hydrogens is 372 g/mol. The molecule has 142 valence electrons. The third-order valence-electron chi connectivity index (χ3n) is 4.69. The van der Waals surface area contributed by atoms with Gasteiger partial charge in [-0.2, -0.15) is 0 Å². The number of pyridine rings is 1. The molecule has 0 saturated carbocycles. The number of fused-ring (bicyclic) bond motifs is 1. The minimum Gasteiger partial charge on any atom is -0.504 e. The molecule has 0 amide bonds. The Hall–Kier alpha value is -2.82. The zero-order chi connectivity index (χ0) is 19.3. The minimum absolute atomic E-state index is 0.157. The molecule has 4 nitrogen and oxygen atoms in total. The van der Waals surface area contributed by atoms with E-state index < -0.39 is 0 Å². The van der Waals surface area contributed by atoms with Crippen molar-refractivity contribution in [3.63, 3.8) is 0 Å². The van der Waals surface area contributed by atoms with Gasteiger partial charge in [-0.3, -0.25) is 9.88 Å². The number of halogens is 1. The molecule has 2 aromatic carbocycles. The van der Waals surface area contributed by atoms with E-state index in [-0.39, 0.29) is 5.75 Å². The van der Waals surface area contributed by atoms with E-state index in [1.165, 1.54) is 0 Å². The summed E-state index contributed by atoms with van der Waals surface area (Å²) in [5.41, 5.74) is 3.90. The molecule has 0 radical (unpaired) electrons. The van der Waals surface area contributed by atoms with Crippen molar-refractivity contribution in [3.8, 4) is 22.6 Å².